The largest absolute Gasteiger partial charge is 0.274 e. The van der Waals surface area contributed by atoms with Gasteiger partial charge in [0.2, 0.25) is 11.8 Å². The zero-order valence-electron chi connectivity index (χ0n) is 20.9. The highest BCUT2D eigenvalue weighted by Crippen LogP contribution is 2.13. The molecular formula is C28H38N4O4. The molecule has 0 fully saturated rings. The monoisotopic (exact) mass is 494 g/mol. The van der Waals surface area contributed by atoms with Gasteiger partial charge < -0.3 is 0 Å². The minimum Gasteiger partial charge on any atom is -0.273 e. The van der Waals surface area contributed by atoms with E-state index in [1.807, 2.05) is 0 Å². The summed E-state index contributed by atoms with van der Waals surface area (Å²) in [7, 11) is 0. The van der Waals surface area contributed by atoms with Gasteiger partial charge in [-0.1, -0.05) is 87.8 Å². The third-order valence-electron chi connectivity index (χ3n) is 6.05. The second kappa shape index (κ2) is 16.3. The maximum absolute atomic E-state index is 12.2. The number of amides is 4. The Bertz CT molecular complexity index is 887. The van der Waals surface area contributed by atoms with Crippen LogP contribution in [0.3, 0.4) is 0 Å². The summed E-state index contributed by atoms with van der Waals surface area (Å²) < 4.78 is 0. The van der Waals surface area contributed by atoms with Crippen LogP contribution in [-0.4, -0.2) is 33.6 Å². The van der Waals surface area contributed by atoms with E-state index in [4.69, 9.17) is 11.7 Å². The Labute approximate surface area is 213 Å². The minimum atomic E-state index is -0.481. The van der Waals surface area contributed by atoms with Crippen LogP contribution in [0.1, 0.15) is 97.8 Å². The van der Waals surface area contributed by atoms with E-state index in [1.165, 1.54) is 0 Å². The topological polar surface area (TPSA) is 127 Å². The van der Waals surface area contributed by atoms with Gasteiger partial charge in [-0.3, -0.25) is 19.2 Å². The smallest absolute Gasteiger partial charge is 0.273 e. The van der Waals surface area contributed by atoms with Crippen molar-refractivity contribution in [3.8, 4) is 0 Å². The van der Waals surface area contributed by atoms with Crippen molar-refractivity contribution in [2.45, 2.75) is 77.0 Å². The summed E-state index contributed by atoms with van der Waals surface area (Å²) in [6.07, 6.45) is 10.4. The number of carbonyl (C=O) groups excluding carboxylic acids is 4. The number of unbranched alkanes of at least 4 members (excludes halogenated alkanes) is 9. The maximum Gasteiger partial charge on any atom is 0.274 e. The number of hydrogen-bond acceptors (Lipinski definition) is 6. The van der Waals surface area contributed by atoms with Crippen LogP contribution in [0.4, 0.5) is 0 Å². The Hall–Kier alpha value is -3.36. The van der Waals surface area contributed by atoms with Crippen LogP contribution in [0.2, 0.25) is 0 Å². The molecule has 0 spiro atoms. The zero-order valence-corrected chi connectivity index (χ0v) is 20.9. The SMILES string of the molecule is NN(C(=O)CCCCCCCCCCCCC(=O)N(N)C(=O)c1ccccc1)C(=O)c1ccccc1. The zero-order chi connectivity index (χ0) is 26.2. The first-order chi connectivity index (χ1) is 17.4. The summed E-state index contributed by atoms with van der Waals surface area (Å²) in [5.41, 5.74) is 0.805. The van der Waals surface area contributed by atoms with Gasteiger partial charge in [0.1, 0.15) is 0 Å². The summed E-state index contributed by atoms with van der Waals surface area (Å²) in [5.74, 6) is 9.69. The first kappa shape index (κ1) is 28.9. The van der Waals surface area contributed by atoms with Crippen LogP contribution in [0, 0.1) is 0 Å². The van der Waals surface area contributed by atoms with Gasteiger partial charge in [0, 0.05) is 24.0 Å². The van der Waals surface area contributed by atoms with Crippen molar-refractivity contribution in [2.75, 3.05) is 0 Å². The summed E-state index contributed by atoms with van der Waals surface area (Å²) in [4.78, 5) is 48.6. The molecule has 0 aromatic heterocycles. The van der Waals surface area contributed by atoms with Crippen LogP contribution < -0.4 is 11.7 Å². The summed E-state index contributed by atoms with van der Waals surface area (Å²) in [6.45, 7) is 0. The van der Waals surface area contributed by atoms with Crippen LogP contribution >= 0.6 is 0 Å². The molecule has 0 atom stereocenters. The van der Waals surface area contributed by atoms with Gasteiger partial charge >= 0.3 is 0 Å². The number of hydrogen-bond donors (Lipinski definition) is 2. The number of hydrazine groups is 2. The molecule has 4 amide bonds. The van der Waals surface area contributed by atoms with Crippen LogP contribution in [0.15, 0.2) is 60.7 Å². The molecular weight excluding hydrogens is 456 g/mol. The number of imide groups is 2. The Morgan fingerprint density at radius 1 is 0.472 bits per heavy atom. The quantitative estimate of drug-likeness (QED) is 0.159. The fourth-order valence-electron chi connectivity index (χ4n) is 3.87. The summed E-state index contributed by atoms with van der Waals surface area (Å²) in [5, 5.41) is 1.43. The molecule has 8 nitrogen and oxygen atoms in total. The fraction of sp³-hybridized carbons (Fsp3) is 0.429. The van der Waals surface area contributed by atoms with Crippen molar-refractivity contribution in [3.05, 3.63) is 71.8 Å². The van der Waals surface area contributed by atoms with Crippen molar-refractivity contribution in [3.63, 3.8) is 0 Å². The molecule has 2 aromatic carbocycles. The van der Waals surface area contributed by atoms with E-state index in [-0.39, 0.29) is 24.7 Å². The van der Waals surface area contributed by atoms with Crippen LogP contribution in [0.5, 0.6) is 0 Å². The highest BCUT2D eigenvalue weighted by Gasteiger charge is 2.19. The Morgan fingerprint density at radius 2 is 0.750 bits per heavy atom. The molecule has 4 N–H and O–H groups in total. The third kappa shape index (κ3) is 10.1. The van der Waals surface area contributed by atoms with Gasteiger partial charge in [-0.05, 0) is 37.1 Å². The van der Waals surface area contributed by atoms with Crippen molar-refractivity contribution >= 4 is 23.6 Å². The minimum absolute atomic E-state index is 0.269. The first-order valence-corrected chi connectivity index (χ1v) is 12.8. The lowest BCUT2D eigenvalue weighted by atomic mass is 10.0. The Balaban J connectivity index is 1.43. The van der Waals surface area contributed by atoms with Crippen molar-refractivity contribution in [1.29, 1.82) is 0 Å². The molecule has 194 valence electrons. The molecule has 36 heavy (non-hydrogen) atoms. The van der Waals surface area contributed by atoms with Gasteiger partial charge in [0.25, 0.3) is 11.8 Å². The van der Waals surface area contributed by atoms with E-state index in [1.54, 1.807) is 60.7 Å². The molecule has 0 aliphatic heterocycles. The number of nitrogens with zero attached hydrogens (tertiary/aromatic N) is 2. The Morgan fingerprint density at radius 3 is 1.06 bits per heavy atom. The van der Waals surface area contributed by atoms with Crippen LogP contribution in [-0.2, 0) is 9.59 Å². The van der Waals surface area contributed by atoms with Crippen molar-refractivity contribution in [1.82, 2.24) is 10.0 Å². The lowest BCUT2D eigenvalue weighted by molar-refractivity contribution is -0.129. The van der Waals surface area contributed by atoms with E-state index in [2.05, 4.69) is 0 Å². The maximum atomic E-state index is 12.2. The average Bonchev–Trinajstić information content (AvgIpc) is 2.92. The molecule has 2 rings (SSSR count). The summed E-state index contributed by atoms with van der Waals surface area (Å²) in [6, 6.07) is 17.1. The molecule has 0 aliphatic rings. The fourth-order valence-corrected chi connectivity index (χ4v) is 3.87. The normalized spacial score (nSPS) is 10.6. The molecule has 2 aromatic rings. The molecule has 8 heteroatoms. The number of rotatable bonds is 15. The van der Waals surface area contributed by atoms with Gasteiger partial charge in [-0.15, -0.1) is 0 Å². The average molecular weight is 495 g/mol. The second-order valence-electron chi connectivity index (χ2n) is 8.91. The van der Waals surface area contributed by atoms with Crippen molar-refractivity contribution < 1.29 is 19.2 Å². The van der Waals surface area contributed by atoms with Gasteiger partial charge in [0.15, 0.2) is 0 Å². The molecule has 0 bridgehead atoms. The molecule has 0 unspecified atom stereocenters. The highest BCUT2D eigenvalue weighted by atomic mass is 16.2. The van der Waals surface area contributed by atoms with E-state index >= 15 is 0 Å². The number of carbonyl (C=O) groups is 4. The van der Waals surface area contributed by atoms with E-state index < -0.39 is 11.8 Å². The van der Waals surface area contributed by atoms with Gasteiger partial charge in [-0.25, -0.2) is 21.7 Å². The van der Waals surface area contributed by atoms with Crippen LogP contribution in [0.25, 0.3) is 0 Å². The number of benzene rings is 2. The predicted octanol–water partition coefficient (Wildman–Crippen LogP) is 4.75. The first-order valence-electron chi connectivity index (χ1n) is 12.8. The van der Waals surface area contributed by atoms with Crippen molar-refractivity contribution in [2.24, 2.45) is 11.7 Å². The molecule has 0 saturated heterocycles. The molecule has 0 saturated carbocycles. The highest BCUT2D eigenvalue weighted by molar-refractivity contribution is 6.04. The molecule has 0 heterocycles. The van der Waals surface area contributed by atoms with E-state index in [0.29, 0.717) is 24.0 Å². The van der Waals surface area contributed by atoms with E-state index in [0.717, 1.165) is 61.4 Å². The standard InChI is InChI=1S/C28H38N4O4/c29-31(27(35)23-17-11-9-12-18-23)25(33)21-15-7-5-3-1-2-4-6-8-16-22-26(34)32(30)28(36)24-19-13-10-14-20-24/h9-14,17-20H,1-8,15-16,21-22,29-30H2. The van der Waals surface area contributed by atoms with Gasteiger partial charge in [-0.2, -0.15) is 0 Å². The lowest BCUT2D eigenvalue weighted by Crippen LogP contribution is -2.42. The van der Waals surface area contributed by atoms with Gasteiger partial charge in [0.05, 0.1) is 0 Å². The second-order valence-corrected chi connectivity index (χ2v) is 8.91. The predicted molar refractivity (Wildman–Crippen MR) is 139 cm³/mol. The summed E-state index contributed by atoms with van der Waals surface area (Å²) >= 11 is 0. The molecule has 0 radical (unpaired) electrons. The third-order valence-corrected chi connectivity index (χ3v) is 6.05. The molecule has 0 aliphatic carbocycles. The number of nitrogens with two attached hydrogens (primary N) is 2. The lowest BCUT2D eigenvalue weighted by Gasteiger charge is -2.14. The Kier molecular flexibility index (Phi) is 13.1. The van der Waals surface area contributed by atoms with E-state index in [9.17, 15) is 19.2 Å².